The van der Waals surface area contributed by atoms with E-state index < -0.39 is 6.09 Å². The number of anilines is 1. The van der Waals surface area contributed by atoms with Crippen LogP contribution >= 0.6 is 0 Å². The fraction of sp³-hybridized carbons (Fsp3) is 0.556. The van der Waals surface area contributed by atoms with Gasteiger partial charge in [-0.2, -0.15) is 0 Å². The maximum Gasteiger partial charge on any atom is 0.407 e. The van der Waals surface area contributed by atoms with Crippen molar-refractivity contribution in [1.82, 2.24) is 10.2 Å². The van der Waals surface area contributed by atoms with E-state index in [9.17, 15) is 9.59 Å². The van der Waals surface area contributed by atoms with E-state index in [4.69, 9.17) is 4.74 Å². The molecule has 0 aromatic heterocycles. The van der Waals surface area contributed by atoms with Crippen LogP contribution in [0.4, 0.5) is 15.3 Å². The fourth-order valence-electron chi connectivity index (χ4n) is 2.51. The van der Waals surface area contributed by atoms with Gasteiger partial charge in [0.25, 0.3) is 0 Å². The monoisotopic (exact) mass is 335 g/mol. The SMILES string of the molecule is CCCN(C(=O)Nc1ccccc1)C(CC)CCNC(=O)OCC. The zero-order valence-electron chi connectivity index (χ0n) is 14.9. The van der Waals surface area contributed by atoms with E-state index in [0.717, 1.165) is 18.5 Å². The molecule has 0 aliphatic heterocycles. The zero-order valence-corrected chi connectivity index (χ0v) is 14.9. The third-order valence-corrected chi connectivity index (χ3v) is 3.68. The van der Waals surface area contributed by atoms with Gasteiger partial charge in [0.1, 0.15) is 0 Å². The van der Waals surface area contributed by atoms with Crippen molar-refractivity contribution in [1.29, 1.82) is 0 Å². The van der Waals surface area contributed by atoms with E-state index in [2.05, 4.69) is 10.6 Å². The highest BCUT2D eigenvalue weighted by Crippen LogP contribution is 2.13. The van der Waals surface area contributed by atoms with E-state index >= 15 is 0 Å². The lowest BCUT2D eigenvalue weighted by Gasteiger charge is -2.31. The number of amides is 3. The number of alkyl carbamates (subject to hydrolysis) is 1. The molecule has 0 fully saturated rings. The second-order valence-electron chi connectivity index (χ2n) is 5.49. The Kier molecular flexibility index (Phi) is 9.34. The van der Waals surface area contributed by atoms with Gasteiger partial charge in [-0.1, -0.05) is 32.0 Å². The normalized spacial score (nSPS) is 11.5. The van der Waals surface area contributed by atoms with Gasteiger partial charge in [-0.25, -0.2) is 9.59 Å². The molecule has 6 heteroatoms. The fourth-order valence-corrected chi connectivity index (χ4v) is 2.51. The van der Waals surface area contributed by atoms with Crippen LogP contribution in [-0.4, -0.2) is 42.8 Å². The van der Waals surface area contributed by atoms with Crippen LogP contribution in [0.5, 0.6) is 0 Å². The number of carbonyl (C=O) groups excluding carboxylic acids is 2. The predicted octanol–water partition coefficient (Wildman–Crippen LogP) is 3.85. The van der Waals surface area contributed by atoms with Crippen molar-refractivity contribution in [3.8, 4) is 0 Å². The summed E-state index contributed by atoms with van der Waals surface area (Å²) in [6.45, 7) is 7.38. The summed E-state index contributed by atoms with van der Waals surface area (Å²) in [5.41, 5.74) is 0.781. The molecule has 0 bridgehead atoms. The first-order valence-electron chi connectivity index (χ1n) is 8.65. The molecule has 1 atom stereocenters. The van der Waals surface area contributed by atoms with Crippen LogP contribution in [0.15, 0.2) is 30.3 Å². The van der Waals surface area contributed by atoms with Gasteiger partial charge in [0.2, 0.25) is 0 Å². The highest BCUT2D eigenvalue weighted by atomic mass is 16.5. The zero-order chi connectivity index (χ0) is 17.8. The van der Waals surface area contributed by atoms with Crippen LogP contribution in [0.3, 0.4) is 0 Å². The molecule has 0 aliphatic rings. The Hall–Kier alpha value is -2.24. The first-order chi connectivity index (χ1) is 11.6. The summed E-state index contributed by atoms with van der Waals surface area (Å²) in [4.78, 5) is 25.8. The molecule has 3 amide bonds. The lowest BCUT2D eigenvalue weighted by Crippen LogP contribution is -2.44. The van der Waals surface area contributed by atoms with Crippen molar-refractivity contribution >= 4 is 17.8 Å². The van der Waals surface area contributed by atoms with Gasteiger partial charge in [0, 0.05) is 24.8 Å². The molecule has 0 heterocycles. The highest BCUT2D eigenvalue weighted by molar-refractivity contribution is 5.89. The minimum atomic E-state index is -0.414. The molecule has 1 aromatic carbocycles. The topological polar surface area (TPSA) is 70.7 Å². The molecule has 0 spiro atoms. The maximum atomic E-state index is 12.6. The van der Waals surface area contributed by atoms with Gasteiger partial charge in [0.15, 0.2) is 0 Å². The molecule has 2 N–H and O–H groups in total. The predicted molar refractivity (Wildman–Crippen MR) is 96.2 cm³/mol. The molecule has 6 nitrogen and oxygen atoms in total. The quantitative estimate of drug-likeness (QED) is 0.720. The van der Waals surface area contributed by atoms with Crippen LogP contribution in [-0.2, 0) is 4.74 Å². The number of carbonyl (C=O) groups is 2. The van der Waals surface area contributed by atoms with Crippen molar-refractivity contribution in [2.24, 2.45) is 0 Å². The maximum absolute atomic E-state index is 12.6. The number of nitrogens with one attached hydrogen (secondary N) is 2. The van der Waals surface area contributed by atoms with Crippen LogP contribution in [0, 0.1) is 0 Å². The van der Waals surface area contributed by atoms with Gasteiger partial charge < -0.3 is 20.3 Å². The second-order valence-corrected chi connectivity index (χ2v) is 5.49. The molecule has 1 unspecified atom stereocenters. The van der Waals surface area contributed by atoms with E-state index in [1.54, 1.807) is 6.92 Å². The number of hydrogen-bond acceptors (Lipinski definition) is 3. The van der Waals surface area contributed by atoms with E-state index in [1.807, 2.05) is 49.1 Å². The Morgan fingerprint density at radius 2 is 1.88 bits per heavy atom. The van der Waals surface area contributed by atoms with Gasteiger partial charge in [-0.15, -0.1) is 0 Å². The molecular weight excluding hydrogens is 306 g/mol. The summed E-state index contributed by atoms with van der Waals surface area (Å²) in [6, 6.07) is 9.38. The second kappa shape index (κ2) is 11.3. The van der Waals surface area contributed by atoms with Crippen molar-refractivity contribution in [2.45, 2.75) is 46.1 Å². The molecule has 24 heavy (non-hydrogen) atoms. The number of para-hydroxylation sites is 1. The van der Waals surface area contributed by atoms with Gasteiger partial charge in [-0.3, -0.25) is 0 Å². The Bertz CT molecular complexity index is 494. The summed E-state index contributed by atoms with van der Waals surface area (Å²) in [7, 11) is 0. The van der Waals surface area contributed by atoms with Crippen molar-refractivity contribution in [3.63, 3.8) is 0 Å². The van der Waals surface area contributed by atoms with Gasteiger partial charge in [0.05, 0.1) is 6.61 Å². The summed E-state index contributed by atoms with van der Waals surface area (Å²) < 4.78 is 4.85. The standard InChI is InChI=1S/C18H29N3O3/c1-4-14-21(17(22)20-15-10-8-7-9-11-15)16(5-2)12-13-19-18(23)24-6-3/h7-11,16H,4-6,12-14H2,1-3H3,(H,19,23)(H,20,22). The largest absolute Gasteiger partial charge is 0.450 e. The average molecular weight is 335 g/mol. The van der Waals surface area contributed by atoms with Crippen molar-refractivity contribution in [3.05, 3.63) is 30.3 Å². The third-order valence-electron chi connectivity index (χ3n) is 3.68. The summed E-state index contributed by atoms with van der Waals surface area (Å²) in [6.07, 6.45) is 1.98. The number of urea groups is 1. The number of rotatable bonds is 9. The molecule has 0 radical (unpaired) electrons. The minimum Gasteiger partial charge on any atom is -0.450 e. The van der Waals surface area contributed by atoms with Crippen LogP contribution in [0.2, 0.25) is 0 Å². The number of ether oxygens (including phenoxy) is 1. The molecule has 0 saturated carbocycles. The Morgan fingerprint density at radius 1 is 1.17 bits per heavy atom. The third kappa shape index (κ3) is 6.89. The first-order valence-corrected chi connectivity index (χ1v) is 8.65. The lowest BCUT2D eigenvalue weighted by atomic mass is 10.1. The van der Waals surface area contributed by atoms with E-state index in [1.165, 1.54) is 0 Å². The van der Waals surface area contributed by atoms with Crippen molar-refractivity contribution in [2.75, 3.05) is 25.0 Å². The summed E-state index contributed by atoms with van der Waals surface area (Å²) in [5, 5.41) is 5.65. The smallest absolute Gasteiger partial charge is 0.407 e. The molecular formula is C18H29N3O3. The van der Waals surface area contributed by atoms with Gasteiger partial charge in [-0.05, 0) is 38.3 Å². The molecule has 1 rings (SSSR count). The molecule has 0 saturated heterocycles. The van der Waals surface area contributed by atoms with Crippen LogP contribution < -0.4 is 10.6 Å². The average Bonchev–Trinajstić information content (AvgIpc) is 2.58. The highest BCUT2D eigenvalue weighted by Gasteiger charge is 2.21. The lowest BCUT2D eigenvalue weighted by molar-refractivity contribution is 0.149. The summed E-state index contributed by atoms with van der Waals surface area (Å²) in [5.74, 6) is 0. The number of benzene rings is 1. The molecule has 134 valence electrons. The van der Waals surface area contributed by atoms with E-state index in [-0.39, 0.29) is 12.1 Å². The number of hydrogen-bond donors (Lipinski definition) is 2. The Labute approximate surface area is 144 Å². The van der Waals surface area contributed by atoms with Crippen molar-refractivity contribution < 1.29 is 14.3 Å². The Morgan fingerprint density at radius 3 is 2.46 bits per heavy atom. The molecule has 0 aliphatic carbocycles. The van der Waals surface area contributed by atoms with E-state index in [0.29, 0.717) is 26.1 Å². The molecule has 1 aromatic rings. The number of nitrogens with zero attached hydrogens (tertiary/aromatic N) is 1. The Balaban J connectivity index is 2.61. The van der Waals surface area contributed by atoms with Crippen LogP contribution in [0.1, 0.15) is 40.0 Å². The minimum absolute atomic E-state index is 0.0654. The summed E-state index contributed by atoms with van der Waals surface area (Å²) >= 11 is 0. The van der Waals surface area contributed by atoms with Gasteiger partial charge >= 0.3 is 12.1 Å². The van der Waals surface area contributed by atoms with Crippen LogP contribution in [0.25, 0.3) is 0 Å². The first kappa shape index (κ1) is 19.8.